The van der Waals surface area contributed by atoms with Gasteiger partial charge < -0.3 is 14.5 Å². The lowest BCUT2D eigenvalue weighted by molar-refractivity contribution is -0.132. The Balaban J connectivity index is 1.78. The Morgan fingerprint density at radius 3 is 2.55 bits per heavy atom. The van der Waals surface area contributed by atoms with Crippen molar-refractivity contribution in [3.8, 4) is 0 Å². The van der Waals surface area contributed by atoms with Gasteiger partial charge in [0, 0.05) is 39.3 Å². The predicted octanol–water partition coefficient (Wildman–Crippen LogP) is 2.86. The Morgan fingerprint density at radius 1 is 1.16 bits per heavy atom. The maximum Gasteiger partial charge on any atom is 0.262 e. The van der Waals surface area contributed by atoms with E-state index in [1.54, 1.807) is 4.57 Å². The van der Waals surface area contributed by atoms with Gasteiger partial charge in [-0.05, 0) is 45.9 Å². The molecule has 1 aliphatic heterocycles. The lowest BCUT2D eigenvalue weighted by atomic mass is 10.2. The van der Waals surface area contributed by atoms with E-state index in [9.17, 15) is 9.59 Å². The van der Waals surface area contributed by atoms with E-state index in [0.29, 0.717) is 35.6 Å². The van der Waals surface area contributed by atoms with Crippen LogP contribution in [0.1, 0.15) is 34.1 Å². The molecule has 1 aromatic carbocycles. The summed E-state index contributed by atoms with van der Waals surface area (Å²) >= 11 is 1.38. The highest BCUT2D eigenvalue weighted by atomic mass is 32.2. The van der Waals surface area contributed by atoms with Gasteiger partial charge in [0.15, 0.2) is 5.16 Å². The Hall–Kier alpha value is -1.90. The summed E-state index contributed by atoms with van der Waals surface area (Å²) in [5.41, 5.74) is 0.606. The van der Waals surface area contributed by atoms with Crippen molar-refractivity contribution in [3.63, 3.8) is 0 Å². The number of nitrogens with zero attached hydrogens (tertiary/aromatic N) is 4. The van der Waals surface area contributed by atoms with Gasteiger partial charge in [0.2, 0.25) is 5.91 Å². The number of hydrogen-bond acceptors (Lipinski definition) is 6. The number of amides is 1. The number of piperazine rings is 1. The standard InChI is InChI=1S/C23H34N4O3S/c1-5-25-12-14-26(15-13-25)21(28)18(4)31-23-24-20-10-7-6-9-19(20)22(29)27(23)11-8-16-30-17(2)3/h6-7,9-10,17-18H,5,8,11-16H2,1-4H3. The summed E-state index contributed by atoms with van der Waals surface area (Å²) in [5.74, 6) is 0.109. The molecule has 0 radical (unpaired) electrons. The van der Waals surface area contributed by atoms with Crippen molar-refractivity contribution in [1.82, 2.24) is 19.4 Å². The van der Waals surface area contributed by atoms with Gasteiger partial charge in [-0.3, -0.25) is 14.2 Å². The van der Waals surface area contributed by atoms with Gasteiger partial charge in [0.25, 0.3) is 5.56 Å². The van der Waals surface area contributed by atoms with Gasteiger partial charge in [0.05, 0.1) is 22.3 Å². The third-order valence-corrected chi connectivity index (χ3v) is 6.64. The van der Waals surface area contributed by atoms with E-state index in [0.717, 1.165) is 32.7 Å². The van der Waals surface area contributed by atoms with Gasteiger partial charge in [-0.15, -0.1) is 0 Å². The van der Waals surface area contributed by atoms with Crippen molar-refractivity contribution >= 4 is 28.6 Å². The van der Waals surface area contributed by atoms with Crippen LogP contribution in [0.3, 0.4) is 0 Å². The molecule has 31 heavy (non-hydrogen) atoms. The Bertz CT molecular complexity index is 938. The van der Waals surface area contributed by atoms with Crippen LogP contribution in [0.4, 0.5) is 0 Å². The van der Waals surface area contributed by atoms with Crippen LogP contribution in [0.15, 0.2) is 34.2 Å². The van der Waals surface area contributed by atoms with Crippen molar-refractivity contribution in [3.05, 3.63) is 34.6 Å². The molecule has 2 heterocycles. The minimum atomic E-state index is -0.306. The molecule has 170 valence electrons. The molecular weight excluding hydrogens is 412 g/mol. The van der Waals surface area contributed by atoms with Gasteiger partial charge in [0.1, 0.15) is 0 Å². The molecule has 7 nitrogen and oxygen atoms in total. The van der Waals surface area contributed by atoms with Crippen molar-refractivity contribution in [2.24, 2.45) is 0 Å². The summed E-state index contributed by atoms with van der Waals surface area (Å²) in [6.45, 7) is 13.5. The maximum absolute atomic E-state index is 13.2. The van der Waals surface area contributed by atoms with E-state index in [1.807, 2.05) is 49.9 Å². The Labute approximate surface area is 188 Å². The van der Waals surface area contributed by atoms with Gasteiger partial charge in [-0.25, -0.2) is 4.98 Å². The molecule has 0 saturated carbocycles. The van der Waals surface area contributed by atoms with E-state index in [-0.39, 0.29) is 22.8 Å². The van der Waals surface area contributed by atoms with E-state index in [2.05, 4.69) is 11.8 Å². The molecule has 1 unspecified atom stereocenters. The van der Waals surface area contributed by atoms with E-state index in [1.165, 1.54) is 11.8 Å². The summed E-state index contributed by atoms with van der Waals surface area (Å²) in [5, 5.41) is 0.895. The number of fused-ring (bicyclic) bond motifs is 1. The number of benzene rings is 1. The lowest BCUT2D eigenvalue weighted by Crippen LogP contribution is -2.50. The van der Waals surface area contributed by atoms with Crippen molar-refractivity contribution in [1.29, 1.82) is 0 Å². The first-order valence-electron chi connectivity index (χ1n) is 11.2. The average Bonchev–Trinajstić information content (AvgIpc) is 2.77. The van der Waals surface area contributed by atoms with Crippen LogP contribution in [0, 0.1) is 0 Å². The first-order chi connectivity index (χ1) is 14.9. The number of rotatable bonds is 9. The molecule has 1 aromatic heterocycles. The van der Waals surface area contributed by atoms with Crippen molar-refractivity contribution in [2.75, 3.05) is 39.3 Å². The monoisotopic (exact) mass is 446 g/mol. The van der Waals surface area contributed by atoms with Gasteiger partial charge >= 0.3 is 0 Å². The molecule has 0 spiro atoms. The second-order valence-electron chi connectivity index (χ2n) is 8.16. The third kappa shape index (κ3) is 6.08. The molecule has 1 amide bonds. The molecule has 1 atom stereocenters. The topological polar surface area (TPSA) is 67.7 Å². The lowest BCUT2D eigenvalue weighted by Gasteiger charge is -2.35. The molecule has 0 bridgehead atoms. The van der Waals surface area contributed by atoms with Crippen molar-refractivity contribution < 1.29 is 9.53 Å². The van der Waals surface area contributed by atoms with E-state index in [4.69, 9.17) is 9.72 Å². The summed E-state index contributed by atoms with van der Waals surface area (Å²) in [6.07, 6.45) is 0.874. The molecule has 1 saturated heterocycles. The number of hydrogen-bond donors (Lipinski definition) is 0. The zero-order chi connectivity index (χ0) is 22.4. The quantitative estimate of drug-likeness (QED) is 0.335. The molecule has 1 fully saturated rings. The second kappa shape index (κ2) is 11.1. The average molecular weight is 447 g/mol. The fourth-order valence-electron chi connectivity index (χ4n) is 3.73. The van der Waals surface area contributed by atoms with E-state index >= 15 is 0 Å². The number of carbonyl (C=O) groups is 1. The van der Waals surface area contributed by atoms with Gasteiger partial charge in [-0.2, -0.15) is 0 Å². The smallest absolute Gasteiger partial charge is 0.262 e. The summed E-state index contributed by atoms with van der Waals surface area (Å²) in [6, 6.07) is 7.39. The number of aromatic nitrogens is 2. The Kier molecular flexibility index (Phi) is 8.51. The maximum atomic E-state index is 13.2. The summed E-state index contributed by atoms with van der Waals surface area (Å²) in [4.78, 5) is 35.2. The largest absolute Gasteiger partial charge is 0.379 e. The highest BCUT2D eigenvalue weighted by molar-refractivity contribution is 8.00. The van der Waals surface area contributed by atoms with Crippen LogP contribution in [0.25, 0.3) is 10.9 Å². The number of para-hydroxylation sites is 1. The number of carbonyl (C=O) groups excluding carboxylic acids is 1. The fraction of sp³-hybridized carbons (Fsp3) is 0.609. The van der Waals surface area contributed by atoms with Crippen LogP contribution in [0.2, 0.25) is 0 Å². The molecule has 0 N–H and O–H groups in total. The molecule has 8 heteroatoms. The fourth-order valence-corrected chi connectivity index (χ4v) is 4.75. The molecular formula is C23H34N4O3S. The third-order valence-electron chi connectivity index (χ3n) is 5.56. The van der Waals surface area contributed by atoms with Crippen LogP contribution >= 0.6 is 11.8 Å². The minimum absolute atomic E-state index is 0.0612. The highest BCUT2D eigenvalue weighted by Gasteiger charge is 2.26. The molecule has 0 aliphatic carbocycles. The first-order valence-corrected chi connectivity index (χ1v) is 12.1. The van der Waals surface area contributed by atoms with Crippen LogP contribution in [-0.4, -0.2) is 75.9 Å². The normalized spacial score (nSPS) is 16.2. The second-order valence-corrected chi connectivity index (χ2v) is 9.47. The Morgan fingerprint density at radius 2 is 1.87 bits per heavy atom. The highest BCUT2D eigenvalue weighted by Crippen LogP contribution is 2.24. The minimum Gasteiger partial charge on any atom is -0.379 e. The van der Waals surface area contributed by atoms with Crippen LogP contribution in [0.5, 0.6) is 0 Å². The predicted molar refractivity (Wildman–Crippen MR) is 126 cm³/mol. The molecule has 1 aliphatic rings. The molecule has 2 aromatic rings. The zero-order valence-corrected chi connectivity index (χ0v) is 19.9. The number of thioether (sulfide) groups is 1. The zero-order valence-electron chi connectivity index (χ0n) is 19.0. The molecule has 3 rings (SSSR count). The van der Waals surface area contributed by atoms with Crippen LogP contribution < -0.4 is 5.56 Å². The van der Waals surface area contributed by atoms with Crippen molar-refractivity contribution in [2.45, 2.75) is 57.2 Å². The summed E-state index contributed by atoms with van der Waals surface area (Å²) < 4.78 is 7.34. The number of ether oxygens (including phenoxy) is 1. The summed E-state index contributed by atoms with van der Waals surface area (Å²) in [7, 11) is 0. The van der Waals surface area contributed by atoms with E-state index < -0.39 is 0 Å². The first kappa shape index (κ1) is 23.8. The number of likely N-dealkylation sites (N-methyl/N-ethyl adjacent to an activating group) is 1. The SMILES string of the molecule is CCN1CCN(C(=O)C(C)Sc2nc3ccccc3c(=O)n2CCCOC(C)C)CC1. The van der Waals surface area contributed by atoms with Gasteiger partial charge in [-0.1, -0.05) is 30.8 Å². The van der Waals surface area contributed by atoms with Crippen LogP contribution in [-0.2, 0) is 16.1 Å².